The highest BCUT2D eigenvalue weighted by Crippen LogP contribution is 2.33. The second kappa shape index (κ2) is 8.01. The monoisotopic (exact) mass is 398 g/mol. The number of hydrogen-bond acceptors (Lipinski definition) is 3. The average molecular weight is 398 g/mol. The zero-order valence-corrected chi connectivity index (χ0v) is 15.9. The molecule has 1 atom stereocenters. The summed E-state index contributed by atoms with van der Waals surface area (Å²) in [5, 5.41) is 0.507. The van der Waals surface area contributed by atoms with Gasteiger partial charge in [0.2, 0.25) is 5.82 Å². The first-order valence-corrected chi connectivity index (χ1v) is 9.40. The molecule has 2 nitrogen and oxygen atoms in total. The van der Waals surface area contributed by atoms with Crippen LogP contribution in [0.3, 0.4) is 0 Å². The van der Waals surface area contributed by atoms with Gasteiger partial charge < -0.3 is 4.74 Å². The lowest BCUT2D eigenvalue weighted by Crippen LogP contribution is -2.26. The zero-order chi connectivity index (χ0) is 18.8. The van der Waals surface area contributed by atoms with Crippen LogP contribution in [0.4, 0.5) is 13.2 Å². The molecule has 0 heterocycles. The average Bonchev–Trinajstić information content (AvgIpc) is 2.62. The van der Waals surface area contributed by atoms with E-state index in [4.69, 9.17) is 4.74 Å². The Bertz CT molecular complexity index is 836. The number of carbonyl (C=O) groups is 1. The van der Waals surface area contributed by atoms with E-state index in [0.717, 1.165) is 18.9 Å². The van der Waals surface area contributed by atoms with E-state index in [2.05, 4.69) is 21.9 Å². The maximum Gasteiger partial charge on any atom is 0.314 e. The van der Waals surface area contributed by atoms with Crippen LogP contribution in [0.1, 0.15) is 25.7 Å². The molecule has 26 heavy (non-hydrogen) atoms. The molecule has 1 aliphatic carbocycles. The smallest absolute Gasteiger partial charge is 0.314 e. The molecule has 1 fully saturated rings. The molecule has 1 unspecified atom stereocenters. The third kappa shape index (κ3) is 3.91. The molecule has 2 aromatic carbocycles. The molecular formula is C19H18F3O2PS. The Hall–Kier alpha value is -1.52. The fraction of sp³-hybridized carbons (Fsp3) is 0.316. The van der Waals surface area contributed by atoms with Crippen molar-refractivity contribution < 1.29 is 22.7 Å². The Labute approximate surface area is 157 Å². The fourth-order valence-corrected chi connectivity index (χ4v) is 3.64. The first kappa shape index (κ1) is 19.2. The highest BCUT2D eigenvalue weighted by molar-refractivity contribution is 7.80. The van der Waals surface area contributed by atoms with E-state index in [1.165, 1.54) is 18.2 Å². The summed E-state index contributed by atoms with van der Waals surface area (Å²) in [5.41, 5.74) is -0.279. The number of hydrogen-bond donors (Lipinski definition) is 1. The number of halogens is 3. The number of ether oxygens (including phenoxy) is 1. The Morgan fingerprint density at radius 2 is 1.62 bits per heavy atom. The quantitative estimate of drug-likeness (QED) is 0.352. The molecule has 0 spiro atoms. The van der Waals surface area contributed by atoms with Crippen LogP contribution in [-0.4, -0.2) is 11.2 Å². The van der Waals surface area contributed by atoms with E-state index in [-0.39, 0.29) is 27.6 Å². The van der Waals surface area contributed by atoms with E-state index in [1.807, 2.05) is 0 Å². The van der Waals surface area contributed by atoms with Crippen LogP contribution in [0, 0.1) is 23.4 Å². The highest BCUT2D eigenvalue weighted by atomic mass is 32.1. The largest absolute Gasteiger partial charge is 0.423 e. The third-order valence-corrected chi connectivity index (χ3v) is 5.57. The van der Waals surface area contributed by atoms with Gasteiger partial charge in [0.05, 0.1) is 5.92 Å². The maximum absolute atomic E-state index is 14.5. The van der Waals surface area contributed by atoms with Crippen molar-refractivity contribution in [2.24, 2.45) is 5.92 Å². The van der Waals surface area contributed by atoms with Gasteiger partial charge in [0, 0.05) is 21.7 Å². The summed E-state index contributed by atoms with van der Waals surface area (Å²) in [6, 6.07) is 6.79. The van der Waals surface area contributed by atoms with Crippen molar-refractivity contribution in [2.75, 3.05) is 0 Å². The van der Waals surface area contributed by atoms with Gasteiger partial charge in [-0.2, -0.15) is 17.0 Å². The van der Waals surface area contributed by atoms with Crippen molar-refractivity contribution in [3.8, 4) is 16.9 Å². The van der Waals surface area contributed by atoms with Crippen molar-refractivity contribution in [1.82, 2.24) is 0 Å². The van der Waals surface area contributed by atoms with Gasteiger partial charge in [0.25, 0.3) is 0 Å². The number of rotatable bonds is 3. The molecule has 7 heteroatoms. The molecule has 0 radical (unpaired) electrons. The number of benzene rings is 2. The van der Waals surface area contributed by atoms with Gasteiger partial charge in [-0.25, -0.2) is 8.78 Å². The van der Waals surface area contributed by atoms with E-state index in [9.17, 15) is 18.0 Å². The van der Waals surface area contributed by atoms with Crippen LogP contribution in [0.2, 0.25) is 0 Å². The molecule has 0 aliphatic heterocycles. The van der Waals surface area contributed by atoms with E-state index in [0.29, 0.717) is 12.8 Å². The van der Waals surface area contributed by atoms with Crippen LogP contribution in [0.25, 0.3) is 11.1 Å². The summed E-state index contributed by atoms with van der Waals surface area (Å²) in [4.78, 5) is 12.2. The number of thiol groups is 1. The highest BCUT2D eigenvalue weighted by Gasteiger charge is 2.28. The van der Waals surface area contributed by atoms with E-state index in [1.54, 1.807) is 6.07 Å². The minimum atomic E-state index is -1.30. The van der Waals surface area contributed by atoms with Crippen molar-refractivity contribution in [3.05, 3.63) is 47.8 Å². The van der Waals surface area contributed by atoms with Gasteiger partial charge >= 0.3 is 5.97 Å². The van der Waals surface area contributed by atoms with Crippen LogP contribution >= 0.6 is 21.9 Å². The lowest BCUT2D eigenvalue weighted by atomic mass is 9.89. The van der Waals surface area contributed by atoms with Gasteiger partial charge in [-0.15, -0.1) is 9.24 Å². The van der Waals surface area contributed by atoms with Crippen molar-refractivity contribution in [1.29, 1.82) is 0 Å². The normalized spacial score (nSPS) is 20.0. The molecule has 0 amide bonds. The summed E-state index contributed by atoms with van der Waals surface area (Å²) >= 11 is 4.37. The Balaban J connectivity index is 1.84. The summed E-state index contributed by atoms with van der Waals surface area (Å²) in [5.74, 6) is -4.59. The Morgan fingerprint density at radius 3 is 2.31 bits per heavy atom. The Kier molecular flexibility index (Phi) is 5.93. The van der Waals surface area contributed by atoms with Crippen LogP contribution in [-0.2, 0) is 4.79 Å². The lowest BCUT2D eigenvalue weighted by Gasteiger charge is -2.24. The predicted octanol–water partition coefficient (Wildman–Crippen LogP) is 4.67. The second-order valence-electron chi connectivity index (χ2n) is 6.37. The number of esters is 1. The van der Waals surface area contributed by atoms with Gasteiger partial charge in [-0.05, 0) is 37.8 Å². The zero-order valence-electron chi connectivity index (χ0n) is 13.8. The van der Waals surface area contributed by atoms with Crippen LogP contribution < -0.4 is 10.0 Å². The van der Waals surface area contributed by atoms with Crippen molar-refractivity contribution in [2.45, 2.75) is 30.9 Å². The molecule has 3 rings (SSSR count). The topological polar surface area (TPSA) is 26.3 Å². The van der Waals surface area contributed by atoms with Gasteiger partial charge in [-0.1, -0.05) is 18.2 Å². The van der Waals surface area contributed by atoms with Gasteiger partial charge in [-0.3, -0.25) is 4.79 Å². The minimum Gasteiger partial charge on any atom is -0.423 e. The number of carbonyl (C=O) groups excluding carboxylic acids is 1. The molecule has 1 saturated carbocycles. The minimum absolute atomic E-state index is 0.0566. The molecule has 0 bridgehead atoms. The predicted molar refractivity (Wildman–Crippen MR) is 101 cm³/mol. The molecule has 0 aromatic heterocycles. The summed E-state index contributed by atoms with van der Waals surface area (Å²) in [7, 11) is 2.20. The van der Waals surface area contributed by atoms with Gasteiger partial charge in [0.1, 0.15) is 5.82 Å². The van der Waals surface area contributed by atoms with E-state index < -0.39 is 29.2 Å². The molecule has 138 valence electrons. The van der Waals surface area contributed by atoms with Crippen LogP contribution in [0.15, 0.2) is 30.3 Å². The second-order valence-corrected chi connectivity index (χ2v) is 7.73. The molecule has 0 saturated heterocycles. The molecule has 2 aromatic rings. The lowest BCUT2D eigenvalue weighted by molar-refractivity contribution is -0.140. The molecule has 1 aliphatic rings. The van der Waals surface area contributed by atoms with E-state index >= 15 is 0 Å². The molecular weight excluding hydrogens is 380 g/mol. The maximum atomic E-state index is 14.5. The van der Waals surface area contributed by atoms with Crippen molar-refractivity contribution >= 4 is 33.1 Å². The standard InChI is InChI=1S/C19H18F3O2PS/c20-16-12(2-1-3-15(16)25)13-8-9-14(18(22)17(13)21)24-19(23)10-4-6-11(26)7-5-10/h1-3,8-11,26H,4-7,25H2. The van der Waals surface area contributed by atoms with Gasteiger partial charge in [0.15, 0.2) is 11.6 Å². The summed E-state index contributed by atoms with van der Waals surface area (Å²) in [6.45, 7) is 0. The summed E-state index contributed by atoms with van der Waals surface area (Å²) < 4.78 is 48.1. The third-order valence-electron chi connectivity index (χ3n) is 4.61. The molecule has 0 N–H and O–H groups in total. The first-order valence-electron chi connectivity index (χ1n) is 8.30. The van der Waals surface area contributed by atoms with Crippen molar-refractivity contribution in [3.63, 3.8) is 0 Å². The summed E-state index contributed by atoms with van der Waals surface area (Å²) in [6.07, 6.45) is 2.79. The first-order chi connectivity index (χ1) is 12.4. The fourth-order valence-electron chi connectivity index (χ4n) is 3.08. The van der Waals surface area contributed by atoms with Crippen LogP contribution in [0.5, 0.6) is 5.75 Å². The Morgan fingerprint density at radius 1 is 0.962 bits per heavy atom. The SMILES string of the molecule is O=C(Oc1ccc(-c2cccc(P)c2F)c(F)c1F)C1CCC(S)CC1.